The Morgan fingerprint density at radius 1 is 1.32 bits per heavy atom. The summed E-state index contributed by atoms with van der Waals surface area (Å²) >= 11 is 6.06. The quantitative estimate of drug-likeness (QED) is 0.737. The number of aryl methyl sites for hydroxylation is 1. The van der Waals surface area contributed by atoms with E-state index < -0.39 is 0 Å². The largest absolute Gasteiger partial charge is 0.493 e. The summed E-state index contributed by atoms with van der Waals surface area (Å²) in [6.45, 7) is 2.38. The zero-order valence-electron chi connectivity index (χ0n) is 13.7. The Bertz CT molecular complexity index is 951. The van der Waals surface area contributed by atoms with E-state index in [1.165, 1.54) is 0 Å². The first-order valence-electron chi connectivity index (χ1n) is 8.21. The van der Waals surface area contributed by atoms with Gasteiger partial charge in [-0.05, 0) is 37.1 Å². The number of nitrogens with zero attached hydrogens (tertiary/aromatic N) is 1. The van der Waals surface area contributed by atoms with Crippen LogP contribution in [0.1, 0.15) is 40.7 Å². The molecule has 0 aliphatic carbocycles. The van der Waals surface area contributed by atoms with Gasteiger partial charge in [0.15, 0.2) is 11.5 Å². The predicted octanol–water partition coefficient (Wildman–Crippen LogP) is 4.43. The summed E-state index contributed by atoms with van der Waals surface area (Å²) in [7, 11) is 0. The highest BCUT2D eigenvalue weighted by atomic mass is 35.5. The van der Waals surface area contributed by atoms with Crippen LogP contribution in [0.25, 0.3) is 11.1 Å². The second kappa shape index (κ2) is 6.41. The van der Waals surface area contributed by atoms with Gasteiger partial charge in [-0.25, -0.2) is 4.98 Å². The summed E-state index contributed by atoms with van der Waals surface area (Å²) in [5.74, 6) is 1.09. The molecule has 0 bridgehead atoms. The SMILES string of the molecule is Cc1nc2c(C(=O)NC3CCCOc4cc(Cl)ccc43)cccc2o1. The monoisotopic (exact) mass is 356 g/mol. The number of ether oxygens (including phenoxy) is 1. The third-order valence-corrected chi connectivity index (χ3v) is 4.56. The lowest BCUT2D eigenvalue weighted by molar-refractivity contribution is 0.0936. The maximum atomic E-state index is 12.9. The molecule has 1 aliphatic rings. The zero-order chi connectivity index (χ0) is 17.4. The highest BCUT2D eigenvalue weighted by molar-refractivity contribution is 6.30. The highest BCUT2D eigenvalue weighted by Gasteiger charge is 2.23. The molecule has 1 atom stereocenters. The summed E-state index contributed by atoms with van der Waals surface area (Å²) in [4.78, 5) is 17.2. The molecule has 2 aromatic carbocycles. The second-order valence-corrected chi connectivity index (χ2v) is 6.52. The van der Waals surface area contributed by atoms with Crippen LogP contribution in [0.3, 0.4) is 0 Å². The minimum Gasteiger partial charge on any atom is -0.493 e. The van der Waals surface area contributed by atoms with Crippen molar-refractivity contribution in [3.8, 4) is 5.75 Å². The maximum absolute atomic E-state index is 12.9. The van der Waals surface area contributed by atoms with Crippen molar-refractivity contribution < 1.29 is 13.9 Å². The molecule has 0 fully saturated rings. The van der Waals surface area contributed by atoms with E-state index in [0.29, 0.717) is 34.2 Å². The van der Waals surface area contributed by atoms with E-state index in [4.69, 9.17) is 20.8 Å². The molecule has 0 saturated heterocycles. The first-order chi connectivity index (χ1) is 12.1. The number of halogens is 1. The average molecular weight is 357 g/mol. The van der Waals surface area contributed by atoms with Crippen molar-refractivity contribution in [1.82, 2.24) is 10.3 Å². The number of oxazole rings is 1. The normalized spacial score (nSPS) is 16.8. The number of nitrogens with one attached hydrogen (secondary N) is 1. The topological polar surface area (TPSA) is 64.4 Å². The van der Waals surface area contributed by atoms with Crippen LogP contribution in [0.15, 0.2) is 40.8 Å². The number of aromatic nitrogens is 1. The number of hydrogen-bond donors (Lipinski definition) is 1. The first-order valence-corrected chi connectivity index (χ1v) is 8.59. The van der Waals surface area contributed by atoms with Crippen molar-refractivity contribution >= 4 is 28.6 Å². The molecular formula is C19H17ClN2O3. The van der Waals surface area contributed by atoms with E-state index in [1.807, 2.05) is 18.2 Å². The van der Waals surface area contributed by atoms with Crippen LogP contribution in [-0.2, 0) is 0 Å². The van der Waals surface area contributed by atoms with Gasteiger partial charge in [-0.3, -0.25) is 4.79 Å². The Kier molecular flexibility index (Phi) is 4.09. The van der Waals surface area contributed by atoms with E-state index in [1.54, 1.807) is 25.1 Å². The van der Waals surface area contributed by atoms with Crippen LogP contribution < -0.4 is 10.1 Å². The molecule has 1 aliphatic heterocycles. The van der Waals surface area contributed by atoms with Crippen LogP contribution in [0.5, 0.6) is 5.75 Å². The van der Waals surface area contributed by atoms with Crippen molar-refractivity contribution in [3.63, 3.8) is 0 Å². The van der Waals surface area contributed by atoms with Crippen LogP contribution in [0.4, 0.5) is 0 Å². The molecule has 3 aromatic rings. The number of para-hydroxylation sites is 1. The second-order valence-electron chi connectivity index (χ2n) is 6.08. The summed E-state index contributed by atoms with van der Waals surface area (Å²) < 4.78 is 11.3. The fourth-order valence-electron chi connectivity index (χ4n) is 3.17. The number of benzene rings is 2. The number of carbonyl (C=O) groups excluding carboxylic acids is 1. The van der Waals surface area contributed by atoms with Gasteiger partial charge in [-0.1, -0.05) is 23.7 Å². The Balaban J connectivity index is 1.66. The zero-order valence-corrected chi connectivity index (χ0v) is 14.5. The molecule has 1 aromatic heterocycles. The Labute approximate surface area is 149 Å². The number of hydrogen-bond acceptors (Lipinski definition) is 4. The predicted molar refractivity (Wildman–Crippen MR) is 95.1 cm³/mol. The van der Waals surface area contributed by atoms with Crippen molar-refractivity contribution in [2.75, 3.05) is 6.61 Å². The van der Waals surface area contributed by atoms with Crippen molar-refractivity contribution in [2.45, 2.75) is 25.8 Å². The molecule has 128 valence electrons. The molecule has 1 amide bonds. The van der Waals surface area contributed by atoms with Crippen molar-refractivity contribution in [2.24, 2.45) is 0 Å². The lowest BCUT2D eigenvalue weighted by atomic mass is 10.0. The van der Waals surface area contributed by atoms with Gasteiger partial charge in [0.05, 0.1) is 18.2 Å². The van der Waals surface area contributed by atoms with Crippen LogP contribution in [0.2, 0.25) is 5.02 Å². The number of amides is 1. The molecule has 4 rings (SSSR count). The molecule has 1 unspecified atom stereocenters. The standard InChI is InChI=1S/C19H17ClN2O3/c1-11-21-18-14(4-2-6-16(18)25-11)19(23)22-15-5-3-9-24-17-10-12(20)7-8-13(15)17/h2,4,6-8,10,15H,3,5,9H2,1H3,(H,22,23). The summed E-state index contributed by atoms with van der Waals surface area (Å²) in [5.41, 5.74) is 2.65. The highest BCUT2D eigenvalue weighted by Crippen LogP contribution is 2.34. The minimum atomic E-state index is -0.174. The van der Waals surface area contributed by atoms with Gasteiger partial charge >= 0.3 is 0 Å². The molecule has 0 radical (unpaired) electrons. The fraction of sp³-hybridized carbons (Fsp3) is 0.263. The third kappa shape index (κ3) is 3.07. The van der Waals surface area contributed by atoms with Gasteiger partial charge < -0.3 is 14.5 Å². The van der Waals surface area contributed by atoms with Crippen molar-refractivity contribution in [3.05, 3.63) is 58.4 Å². The van der Waals surface area contributed by atoms with Crippen molar-refractivity contribution in [1.29, 1.82) is 0 Å². The first kappa shape index (κ1) is 16.0. The van der Waals surface area contributed by atoms with E-state index in [9.17, 15) is 4.79 Å². The molecule has 1 N–H and O–H groups in total. The van der Waals surface area contributed by atoms with Gasteiger partial charge in [0.25, 0.3) is 5.91 Å². The number of fused-ring (bicyclic) bond motifs is 2. The van der Waals surface area contributed by atoms with Gasteiger partial charge in [0.2, 0.25) is 0 Å². The van der Waals surface area contributed by atoms with Gasteiger partial charge in [0.1, 0.15) is 11.3 Å². The van der Waals surface area contributed by atoms with Crippen LogP contribution in [-0.4, -0.2) is 17.5 Å². The maximum Gasteiger partial charge on any atom is 0.254 e. The molecular weight excluding hydrogens is 340 g/mol. The molecule has 0 spiro atoms. The van der Waals surface area contributed by atoms with Gasteiger partial charge in [0, 0.05) is 17.5 Å². The van der Waals surface area contributed by atoms with E-state index in [0.717, 1.165) is 24.2 Å². The van der Waals surface area contributed by atoms with Gasteiger partial charge in [-0.2, -0.15) is 0 Å². The van der Waals surface area contributed by atoms with E-state index in [2.05, 4.69) is 10.3 Å². The summed E-state index contributed by atoms with van der Waals surface area (Å²) in [5, 5.41) is 3.73. The van der Waals surface area contributed by atoms with E-state index in [-0.39, 0.29) is 11.9 Å². The lowest BCUT2D eigenvalue weighted by Crippen LogP contribution is -2.28. The Morgan fingerprint density at radius 2 is 2.20 bits per heavy atom. The number of rotatable bonds is 2. The average Bonchev–Trinajstić information content (AvgIpc) is 2.86. The molecule has 0 saturated carbocycles. The number of carbonyl (C=O) groups is 1. The molecule has 25 heavy (non-hydrogen) atoms. The molecule has 2 heterocycles. The molecule has 6 heteroatoms. The minimum absolute atomic E-state index is 0.134. The Hall–Kier alpha value is -2.53. The summed E-state index contributed by atoms with van der Waals surface area (Å²) in [6.07, 6.45) is 1.65. The smallest absolute Gasteiger partial charge is 0.254 e. The lowest BCUT2D eigenvalue weighted by Gasteiger charge is -2.18. The van der Waals surface area contributed by atoms with Crippen LogP contribution >= 0.6 is 11.6 Å². The van der Waals surface area contributed by atoms with Crippen LogP contribution in [0, 0.1) is 6.92 Å². The fourth-order valence-corrected chi connectivity index (χ4v) is 3.34. The third-order valence-electron chi connectivity index (χ3n) is 4.32. The Morgan fingerprint density at radius 3 is 3.08 bits per heavy atom. The summed E-state index contributed by atoms with van der Waals surface area (Å²) in [6, 6.07) is 10.8. The van der Waals surface area contributed by atoms with Gasteiger partial charge in [-0.15, -0.1) is 0 Å². The van der Waals surface area contributed by atoms with E-state index >= 15 is 0 Å². The molecule has 5 nitrogen and oxygen atoms in total.